The summed E-state index contributed by atoms with van der Waals surface area (Å²) in [6.45, 7) is -1.38. The molecular formula is C41H32O28. The maximum absolute atomic E-state index is 14.6. The van der Waals surface area contributed by atoms with Gasteiger partial charge in [-0.05, 0) is 30.3 Å². The lowest BCUT2D eigenvalue weighted by atomic mass is 9.77. The number of hydrogen-bond acceptors (Lipinski definition) is 26. The number of benzene rings is 4. The van der Waals surface area contributed by atoms with E-state index in [0.29, 0.717) is 24.3 Å². The van der Waals surface area contributed by atoms with E-state index in [-0.39, 0.29) is 6.07 Å². The van der Waals surface area contributed by atoms with Gasteiger partial charge in [0.2, 0.25) is 29.6 Å². The molecule has 8 unspecified atom stereocenters. The van der Waals surface area contributed by atoms with Crippen LogP contribution < -0.4 is 0 Å². The van der Waals surface area contributed by atoms with E-state index in [0.717, 1.165) is 0 Å². The summed E-state index contributed by atoms with van der Waals surface area (Å²) in [4.78, 5) is 96.0. The van der Waals surface area contributed by atoms with Crippen molar-refractivity contribution in [2.45, 2.75) is 49.1 Å². The third-order valence-corrected chi connectivity index (χ3v) is 11.0. The van der Waals surface area contributed by atoms with Crippen molar-refractivity contribution in [3.05, 3.63) is 58.1 Å². The van der Waals surface area contributed by atoms with Crippen LogP contribution in [0.25, 0.3) is 11.1 Å². The van der Waals surface area contributed by atoms with E-state index >= 15 is 0 Å². The monoisotopic (exact) mass is 972 g/mol. The average molecular weight is 973 g/mol. The number of phenols is 12. The van der Waals surface area contributed by atoms with E-state index in [4.69, 9.17) is 28.4 Å². The second-order valence-corrected chi connectivity index (χ2v) is 15.1. The molecule has 364 valence electrons. The zero-order chi connectivity index (χ0) is 50.8. The fraction of sp³-hybridized carbons (Fsp3) is 0.244. The molecule has 28 heteroatoms. The molecule has 3 aliphatic heterocycles. The van der Waals surface area contributed by atoms with Gasteiger partial charge < -0.3 is 105 Å². The Morgan fingerprint density at radius 2 is 1.06 bits per heavy atom. The molecule has 0 spiro atoms. The van der Waals surface area contributed by atoms with Gasteiger partial charge >= 0.3 is 41.8 Å². The zero-order valence-corrected chi connectivity index (χ0v) is 33.9. The quantitative estimate of drug-likeness (QED) is 0.0680. The van der Waals surface area contributed by atoms with Crippen LogP contribution >= 0.6 is 0 Å². The molecular weight excluding hydrogens is 940 g/mol. The molecule has 4 bridgehead atoms. The number of aromatic hydroxyl groups is 12. The normalized spacial score (nSPS) is 22.7. The first-order valence-corrected chi connectivity index (χ1v) is 19.2. The van der Waals surface area contributed by atoms with Crippen LogP contribution in [0, 0.1) is 5.92 Å². The molecule has 0 radical (unpaired) electrons. The molecule has 1 saturated heterocycles. The summed E-state index contributed by atoms with van der Waals surface area (Å²) in [5.41, 5.74) is -8.02. The molecule has 3 heterocycles. The fourth-order valence-electron chi connectivity index (χ4n) is 7.80. The third-order valence-electron chi connectivity index (χ3n) is 11.0. The number of aliphatic carboxylic acids is 2. The smallest absolute Gasteiger partial charge is 0.340 e. The first kappa shape index (κ1) is 47.6. The van der Waals surface area contributed by atoms with Crippen molar-refractivity contribution in [3.63, 3.8) is 0 Å². The number of carbonyl (C=O) groups is 7. The number of phenolic OH excluding ortho intramolecular Hbond substituents is 12. The second-order valence-electron chi connectivity index (χ2n) is 15.1. The number of hydrogen-bond donors (Lipinski definition) is 15. The largest absolute Gasteiger partial charge is 0.504 e. The number of ether oxygens (including phenoxy) is 6. The number of aliphatic hydroxyl groups is 1. The summed E-state index contributed by atoms with van der Waals surface area (Å²) in [7, 11) is 0. The number of carbonyl (C=O) groups excluding carboxylic acids is 5. The van der Waals surface area contributed by atoms with Crippen molar-refractivity contribution in [2.24, 2.45) is 5.92 Å². The summed E-state index contributed by atoms with van der Waals surface area (Å²) >= 11 is 0. The lowest BCUT2D eigenvalue weighted by Crippen LogP contribution is -2.63. The topological polar surface area (TPSA) is 478 Å². The molecule has 0 aliphatic carbocycles. The van der Waals surface area contributed by atoms with E-state index in [2.05, 4.69) is 0 Å². The molecule has 28 nitrogen and oxygen atoms in total. The molecule has 15 N–H and O–H groups in total. The highest BCUT2D eigenvalue weighted by atomic mass is 16.7. The van der Waals surface area contributed by atoms with Crippen LogP contribution in [-0.4, -0.2) is 162 Å². The van der Waals surface area contributed by atoms with E-state index < -0.39 is 211 Å². The maximum atomic E-state index is 14.6. The number of fused-ring (bicyclic) bond motifs is 4. The number of aliphatic hydroxyl groups excluding tert-OH is 1. The van der Waals surface area contributed by atoms with Crippen molar-refractivity contribution >= 4 is 41.8 Å². The van der Waals surface area contributed by atoms with E-state index in [9.17, 15) is 110 Å². The third kappa shape index (κ3) is 8.20. The Hall–Kier alpha value is -9.31. The Kier molecular flexibility index (Phi) is 12.1. The maximum Gasteiger partial charge on any atom is 0.340 e. The molecule has 1 fully saturated rings. The minimum Gasteiger partial charge on any atom is -0.504 e. The van der Waals surface area contributed by atoms with Crippen LogP contribution in [-0.2, 0) is 42.8 Å². The van der Waals surface area contributed by atoms with Gasteiger partial charge in [0.05, 0.1) is 34.6 Å². The molecule has 3 aliphatic rings. The predicted molar refractivity (Wildman–Crippen MR) is 210 cm³/mol. The zero-order valence-electron chi connectivity index (χ0n) is 33.9. The first-order chi connectivity index (χ1) is 32.3. The number of esters is 5. The van der Waals surface area contributed by atoms with Crippen LogP contribution in [0.4, 0.5) is 0 Å². The number of carboxylic acids is 2. The fourth-order valence-corrected chi connectivity index (χ4v) is 7.80. The molecule has 0 amide bonds. The van der Waals surface area contributed by atoms with Crippen LogP contribution in [0.15, 0.2) is 30.3 Å². The van der Waals surface area contributed by atoms with Crippen LogP contribution in [0.5, 0.6) is 69.0 Å². The lowest BCUT2D eigenvalue weighted by molar-refractivity contribution is -0.287. The summed E-state index contributed by atoms with van der Waals surface area (Å²) in [5, 5.41) is 158. The minimum atomic E-state index is -3.03. The SMILES string of the molecule is O=C(O)CC1C(=O)OC2C3COC(=O)c4cc(O)c(O)c(O)c4-c4c(cc(O)c(O)c4O)C(=O)OC2C(OC(=O)c2cc(O)c(O)c(O)c2C1C(O)C(=O)O)C(OC(=O)c1cc(O)c(O)c(O)c1)O3. The summed E-state index contributed by atoms with van der Waals surface area (Å²) < 4.78 is 33.4. The Morgan fingerprint density at radius 1 is 0.580 bits per heavy atom. The Bertz CT molecular complexity index is 2880. The number of rotatable bonds is 6. The summed E-state index contributed by atoms with van der Waals surface area (Å²) in [6, 6.07) is 2.03. The number of cyclic esters (lactones) is 1. The van der Waals surface area contributed by atoms with Crippen molar-refractivity contribution in [1.82, 2.24) is 0 Å². The molecule has 0 saturated carbocycles. The van der Waals surface area contributed by atoms with E-state index in [1.165, 1.54) is 0 Å². The van der Waals surface area contributed by atoms with Gasteiger partial charge in [0.25, 0.3) is 0 Å². The van der Waals surface area contributed by atoms with Gasteiger partial charge in [-0.25, -0.2) is 24.0 Å². The highest BCUT2D eigenvalue weighted by Gasteiger charge is 2.57. The van der Waals surface area contributed by atoms with Gasteiger partial charge in [0, 0.05) is 22.6 Å². The van der Waals surface area contributed by atoms with Crippen LogP contribution in [0.1, 0.15) is 59.3 Å². The average Bonchev–Trinajstić information content (AvgIpc) is 3.29. The van der Waals surface area contributed by atoms with Gasteiger partial charge in [-0.2, -0.15) is 0 Å². The highest BCUT2D eigenvalue weighted by Crippen LogP contribution is 2.54. The second kappa shape index (κ2) is 17.5. The van der Waals surface area contributed by atoms with Gasteiger partial charge in [-0.3, -0.25) is 9.59 Å². The Balaban J connectivity index is 1.53. The Labute approximate surface area is 380 Å². The van der Waals surface area contributed by atoms with Gasteiger partial charge in [-0.15, -0.1) is 0 Å². The van der Waals surface area contributed by atoms with Crippen LogP contribution in [0.3, 0.4) is 0 Å². The summed E-state index contributed by atoms with van der Waals surface area (Å²) in [5.74, 6) is -35.3. The Morgan fingerprint density at radius 3 is 1.59 bits per heavy atom. The lowest BCUT2D eigenvalue weighted by Gasteiger charge is -2.44. The van der Waals surface area contributed by atoms with Crippen LogP contribution in [0.2, 0.25) is 0 Å². The van der Waals surface area contributed by atoms with Gasteiger partial charge in [0.1, 0.15) is 12.7 Å². The van der Waals surface area contributed by atoms with E-state index in [1.54, 1.807) is 0 Å². The molecule has 69 heavy (non-hydrogen) atoms. The van der Waals surface area contributed by atoms with Gasteiger partial charge in [0.15, 0.2) is 70.1 Å². The highest BCUT2D eigenvalue weighted by molar-refractivity contribution is 6.08. The van der Waals surface area contributed by atoms with Gasteiger partial charge in [-0.1, -0.05) is 0 Å². The molecule has 4 aromatic rings. The van der Waals surface area contributed by atoms with E-state index in [1.807, 2.05) is 0 Å². The minimum absolute atomic E-state index is 0.264. The summed E-state index contributed by atoms with van der Waals surface area (Å²) in [6.07, 6.45) is -17.4. The van der Waals surface area contributed by atoms with Crippen molar-refractivity contribution < 1.29 is 139 Å². The number of carboxylic acid groups (broad SMARTS) is 2. The van der Waals surface area contributed by atoms with Crippen molar-refractivity contribution in [3.8, 4) is 80.1 Å². The molecule has 7 rings (SSSR count). The first-order valence-electron chi connectivity index (χ1n) is 19.2. The van der Waals surface area contributed by atoms with Crippen molar-refractivity contribution in [1.29, 1.82) is 0 Å². The molecule has 4 aromatic carbocycles. The standard InChI is InChI=1S/C41H32O28/c42-13-1-8(2-14(43)24(13)49)36(59)69-41-34-33-32(66-40(63)12(6-19(47)48)23(31(56)35(57)58)22-11(39(62)68-34)5-17(46)27(52)30(22)55)18(65-41)7-64-37(60)9-3-15(44)25(50)28(53)20(9)21-10(38(61)67-33)4-16(45)26(51)29(21)54/h1-5,12,18,23,31-34,41-46,49-56H,6-7H2,(H,47,48)(H,57,58). The molecule has 8 atom stereocenters. The predicted octanol–water partition coefficient (Wildman–Crippen LogP) is -0.131. The molecule has 0 aromatic heterocycles. The van der Waals surface area contributed by atoms with Crippen molar-refractivity contribution in [2.75, 3.05) is 6.61 Å².